The Morgan fingerprint density at radius 1 is 1.05 bits per heavy atom. The Bertz CT molecular complexity index is 725. The molecule has 22 heavy (non-hydrogen) atoms. The molecule has 3 nitrogen and oxygen atoms in total. The average Bonchev–Trinajstić information content (AvgIpc) is 3.00. The number of hydrogen-bond donors (Lipinski definition) is 0. The molecule has 1 aliphatic rings. The van der Waals surface area contributed by atoms with E-state index < -0.39 is 0 Å². The Balaban J connectivity index is 1.77. The maximum atomic E-state index is 12.0. The van der Waals surface area contributed by atoms with Crippen molar-refractivity contribution in [3.63, 3.8) is 0 Å². The standard InChI is InChI=1S/C18H15NO2S/c20-17(19-11-12-22-18(19)21)10-9-14-5-4-8-16(13-14)15-6-2-1-3-7-15/h1-10,13H,11-12H2/b10-9+. The van der Waals surface area contributed by atoms with Gasteiger partial charge in [0.1, 0.15) is 0 Å². The molecule has 2 amide bonds. The quantitative estimate of drug-likeness (QED) is 0.802. The van der Waals surface area contributed by atoms with E-state index in [9.17, 15) is 9.59 Å². The first kappa shape index (κ1) is 14.6. The van der Waals surface area contributed by atoms with Gasteiger partial charge in [-0.25, -0.2) is 0 Å². The Hall–Kier alpha value is -2.33. The van der Waals surface area contributed by atoms with Crippen LogP contribution in [0.25, 0.3) is 17.2 Å². The molecule has 0 unspecified atom stereocenters. The van der Waals surface area contributed by atoms with Crippen LogP contribution in [-0.2, 0) is 4.79 Å². The first-order valence-electron chi connectivity index (χ1n) is 7.06. The maximum Gasteiger partial charge on any atom is 0.288 e. The van der Waals surface area contributed by atoms with E-state index in [1.54, 1.807) is 6.08 Å². The van der Waals surface area contributed by atoms with Gasteiger partial charge in [0.25, 0.3) is 11.1 Å². The lowest BCUT2D eigenvalue weighted by Gasteiger charge is -2.08. The van der Waals surface area contributed by atoms with Crippen molar-refractivity contribution in [2.45, 2.75) is 0 Å². The molecule has 1 saturated heterocycles. The Morgan fingerprint density at radius 3 is 2.55 bits per heavy atom. The van der Waals surface area contributed by atoms with E-state index in [2.05, 4.69) is 0 Å². The Morgan fingerprint density at radius 2 is 1.82 bits per heavy atom. The van der Waals surface area contributed by atoms with Crippen LogP contribution in [0.15, 0.2) is 60.7 Å². The van der Waals surface area contributed by atoms with Gasteiger partial charge in [-0.2, -0.15) is 0 Å². The van der Waals surface area contributed by atoms with E-state index in [0.29, 0.717) is 12.3 Å². The molecule has 1 aliphatic heterocycles. The molecule has 0 atom stereocenters. The number of carbonyl (C=O) groups excluding carboxylic acids is 2. The van der Waals surface area contributed by atoms with Crippen molar-refractivity contribution >= 4 is 29.0 Å². The van der Waals surface area contributed by atoms with E-state index in [0.717, 1.165) is 16.7 Å². The third-order valence-corrected chi connectivity index (χ3v) is 4.29. The van der Waals surface area contributed by atoms with Gasteiger partial charge in [0, 0.05) is 18.4 Å². The van der Waals surface area contributed by atoms with E-state index >= 15 is 0 Å². The fraction of sp³-hybridized carbons (Fsp3) is 0.111. The van der Waals surface area contributed by atoms with Crippen LogP contribution in [-0.4, -0.2) is 28.3 Å². The fourth-order valence-corrected chi connectivity index (χ4v) is 3.09. The molecule has 0 aromatic heterocycles. The van der Waals surface area contributed by atoms with Crippen molar-refractivity contribution < 1.29 is 9.59 Å². The molecule has 0 spiro atoms. The molecule has 4 heteroatoms. The highest BCUT2D eigenvalue weighted by Gasteiger charge is 2.25. The zero-order valence-corrected chi connectivity index (χ0v) is 12.8. The number of imide groups is 1. The zero-order valence-electron chi connectivity index (χ0n) is 11.9. The summed E-state index contributed by atoms with van der Waals surface area (Å²) < 4.78 is 0. The number of thioether (sulfide) groups is 1. The summed E-state index contributed by atoms with van der Waals surface area (Å²) in [6.45, 7) is 0.497. The van der Waals surface area contributed by atoms with E-state index in [-0.39, 0.29) is 11.1 Å². The molecule has 0 aliphatic carbocycles. The van der Waals surface area contributed by atoms with Crippen LogP contribution in [0.5, 0.6) is 0 Å². The van der Waals surface area contributed by atoms with Crippen molar-refractivity contribution in [3.05, 3.63) is 66.2 Å². The van der Waals surface area contributed by atoms with Gasteiger partial charge in [-0.3, -0.25) is 14.5 Å². The second-order valence-corrected chi connectivity index (χ2v) is 5.98. The van der Waals surface area contributed by atoms with Crippen LogP contribution >= 0.6 is 11.8 Å². The number of rotatable bonds is 3. The van der Waals surface area contributed by atoms with Crippen LogP contribution in [0.1, 0.15) is 5.56 Å². The molecule has 0 saturated carbocycles. The van der Waals surface area contributed by atoms with Crippen LogP contribution < -0.4 is 0 Å². The van der Waals surface area contributed by atoms with Crippen molar-refractivity contribution in [1.29, 1.82) is 0 Å². The highest BCUT2D eigenvalue weighted by Crippen LogP contribution is 2.21. The number of nitrogens with zero attached hydrogens (tertiary/aromatic N) is 1. The molecule has 3 rings (SSSR count). The van der Waals surface area contributed by atoms with E-state index in [1.807, 2.05) is 54.6 Å². The summed E-state index contributed by atoms with van der Waals surface area (Å²) in [5.41, 5.74) is 3.17. The Labute approximate surface area is 133 Å². The van der Waals surface area contributed by atoms with Crippen molar-refractivity contribution in [3.8, 4) is 11.1 Å². The van der Waals surface area contributed by atoms with Gasteiger partial charge in [-0.05, 0) is 28.8 Å². The normalized spacial score (nSPS) is 14.7. The molecule has 2 aromatic carbocycles. The lowest BCUT2D eigenvalue weighted by atomic mass is 10.0. The second-order valence-electron chi connectivity index (χ2n) is 4.93. The molecular weight excluding hydrogens is 294 g/mol. The van der Waals surface area contributed by atoms with Gasteiger partial charge in [0.15, 0.2) is 0 Å². The summed E-state index contributed by atoms with van der Waals surface area (Å²) in [4.78, 5) is 24.8. The maximum absolute atomic E-state index is 12.0. The minimum absolute atomic E-state index is 0.160. The summed E-state index contributed by atoms with van der Waals surface area (Å²) >= 11 is 1.19. The zero-order chi connectivity index (χ0) is 15.4. The number of amides is 2. The number of benzene rings is 2. The topological polar surface area (TPSA) is 37.4 Å². The largest absolute Gasteiger partial charge is 0.288 e. The predicted octanol–water partition coefficient (Wildman–Crippen LogP) is 4.06. The Kier molecular flexibility index (Phi) is 4.39. The number of hydrogen-bond acceptors (Lipinski definition) is 3. The second kappa shape index (κ2) is 6.62. The van der Waals surface area contributed by atoms with Gasteiger partial charge in [-0.1, -0.05) is 60.3 Å². The van der Waals surface area contributed by atoms with Gasteiger partial charge in [0.2, 0.25) is 0 Å². The highest BCUT2D eigenvalue weighted by molar-refractivity contribution is 8.13. The molecule has 1 fully saturated rings. The first-order valence-corrected chi connectivity index (χ1v) is 8.04. The van der Waals surface area contributed by atoms with Crippen LogP contribution in [0.2, 0.25) is 0 Å². The first-order chi connectivity index (χ1) is 10.7. The summed E-state index contributed by atoms with van der Waals surface area (Å²) in [6.07, 6.45) is 3.22. The van der Waals surface area contributed by atoms with E-state index in [4.69, 9.17) is 0 Å². The fourth-order valence-electron chi connectivity index (χ4n) is 2.30. The smallest absolute Gasteiger partial charge is 0.269 e. The molecule has 110 valence electrons. The van der Waals surface area contributed by atoms with Crippen molar-refractivity contribution in [1.82, 2.24) is 4.90 Å². The number of carbonyl (C=O) groups is 2. The molecule has 0 N–H and O–H groups in total. The van der Waals surface area contributed by atoms with Crippen LogP contribution in [0, 0.1) is 0 Å². The predicted molar refractivity (Wildman–Crippen MR) is 90.5 cm³/mol. The third kappa shape index (κ3) is 3.28. The van der Waals surface area contributed by atoms with E-state index in [1.165, 1.54) is 22.7 Å². The van der Waals surface area contributed by atoms with Gasteiger partial charge in [0.05, 0.1) is 0 Å². The molecular formula is C18H15NO2S. The molecule has 1 heterocycles. The summed E-state index contributed by atoms with van der Waals surface area (Å²) in [5.74, 6) is 0.433. The average molecular weight is 309 g/mol. The monoisotopic (exact) mass is 309 g/mol. The van der Waals surface area contributed by atoms with Crippen LogP contribution in [0.3, 0.4) is 0 Å². The highest BCUT2D eigenvalue weighted by atomic mass is 32.2. The SMILES string of the molecule is O=C(/C=C/c1cccc(-c2ccccc2)c1)N1CCSC1=O. The lowest BCUT2D eigenvalue weighted by molar-refractivity contribution is -0.122. The third-order valence-electron chi connectivity index (χ3n) is 3.44. The lowest BCUT2D eigenvalue weighted by Crippen LogP contribution is -2.28. The van der Waals surface area contributed by atoms with Crippen molar-refractivity contribution in [2.75, 3.05) is 12.3 Å². The molecule has 0 radical (unpaired) electrons. The molecule has 0 bridgehead atoms. The van der Waals surface area contributed by atoms with Crippen LogP contribution in [0.4, 0.5) is 4.79 Å². The minimum atomic E-state index is -0.250. The summed E-state index contributed by atoms with van der Waals surface area (Å²) in [6, 6.07) is 18.0. The molecule has 2 aromatic rings. The summed E-state index contributed by atoms with van der Waals surface area (Å²) in [7, 11) is 0. The summed E-state index contributed by atoms with van der Waals surface area (Å²) in [5, 5.41) is -0.160. The van der Waals surface area contributed by atoms with Gasteiger partial charge in [-0.15, -0.1) is 0 Å². The van der Waals surface area contributed by atoms with Crippen molar-refractivity contribution in [2.24, 2.45) is 0 Å². The van der Waals surface area contributed by atoms with Gasteiger partial charge >= 0.3 is 0 Å². The minimum Gasteiger partial charge on any atom is -0.269 e. The van der Waals surface area contributed by atoms with Gasteiger partial charge < -0.3 is 0 Å².